The Hall–Kier alpha value is -2.29. The van der Waals surface area contributed by atoms with Gasteiger partial charge in [-0.1, -0.05) is 18.2 Å². The predicted octanol–water partition coefficient (Wildman–Crippen LogP) is -0.836. The molecule has 8 heteroatoms. The second-order valence-corrected chi connectivity index (χ2v) is 4.08. The van der Waals surface area contributed by atoms with Gasteiger partial charge in [0.25, 0.3) is 0 Å². The highest BCUT2D eigenvalue weighted by molar-refractivity contribution is 6.15. The molecule has 0 aromatic heterocycles. The fourth-order valence-electron chi connectivity index (χ4n) is 1.77. The van der Waals surface area contributed by atoms with E-state index in [9.17, 15) is 19.6 Å². The monoisotopic (exact) mass is 297 g/mol. The zero-order valence-corrected chi connectivity index (χ0v) is 11.5. The third kappa shape index (κ3) is 4.09. The van der Waals surface area contributed by atoms with Crippen LogP contribution in [0, 0.1) is 11.1 Å². The number of methoxy groups -OCH3 is 2. The van der Waals surface area contributed by atoms with Gasteiger partial charge >= 0.3 is 11.9 Å². The molecule has 0 aliphatic rings. The molecule has 8 nitrogen and oxygen atoms in total. The van der Waals surface area contributed by atoms with E-state index in [1.54, 1.807) is 6.07 Å². The van der Waals surface area contributed by atoms with Gasteiger partial charge in [0.15, 0.2) is 11.5 Å². The summed E-state index contributed by atoms with van der Waals surface area (Å²) in [6.45, 7) is 0. The average Bonchev–Trinajstić information content (AvgIpc) is 2.47. The molecule has 0 saturated carbocycles. The molecule has 0 spiro atoms. The molecule has 0 aliphatic carbocycles. The maximum atomic E-state index is 12.1. The molecule has 1 aromatic carbocycles. The smallest absolute Gasteiger partial charge is 0.327 e. The topological polar surface area (TPSA) is 117 Å². The number of hydrogen-bond donors (Lipinski definition) is 2. The molecule has 0 bridgehead atoms. The van der Waals surface area contributed by atoms with Crippen LogP contribution in [0.15, 0.2) is 24.3 Å². The second kappa shape index (κ2) is 7.48. The molecule has 0 amide bonds. The van der Waals surface area contributed by atoms with Gasteiger partial charge < -0.3 is 14.7 Å². The van der Waals surface area contributed by atoms with Crippen molar-refractivity contribution in [2.24, 2.45) is 5.92 Å². The van der Waals surface area contributed by atoms with Crippen LogP contribution in [0.1, 0.15) is 5.56 Å². The molecule has 1 aromatic rings. The molecule has 0 saturated heterocycles. The van der Waals surface area contributed by atoms with E-state index in [-0.39, 0.29) is 11.3 Å². The van der Waals surface area contributed by atoms with Gasteiger partial charge in [0.05, 0.1) is 14.2 Å². The summed E-state index contributed by atoms with van der Waals surface area (Å²) in [6.07, 6.45) is -0.392. The number of benzene rings is 1. The van der Waals surface area contributed by atoms with Crippen molar-refractivity contribution in [2.75, 3.05) is 14.2 Å². The summed E-state index contributed by atoms with van der Waals surface area (Å²) in [4.78, 5) is 35.1. The Morgan fingerprint density at radius 1 is 1.19 bits per heavy atom. The molecule has 21 heavy (non-hydrogen) atoms. The van der Waals surface area contributed by atoms with Gasteiger partial charge in [-0.2, -0.15) is 5.23 Å². The van der Waals surface area contributed by atoms with E-state index in [1.807, 2.05) is 0 Å². The Kier molecular flexibility index (Phi) is 5.97. The van der Waals surface area contributed by atoms with E-state index < -0.39 is 35.3 Å². The summed E-state index contributed by atoms with van der Waals surface area (Å²) < 4.78 is 8.79. The molecule has 0 aliphatic heterocycles. The highest BCUT2D eigenvalue weighted by Crippen LogP contribution is 2.15. The molecule has 1 unspecified atom stereocenters. The Morgan fingerprint density at radius 2 is 1.71 bits per heavy atom. The number of esters is 2. The Balaban J connectivity index is 3.02. The Morgan fingerprint density at radius 3 is 2.19 bits per heavy atom. The maximum Gasteiger partial charge on any atom is 0.327 e. The van der Waals surface area contributed by atoms with Crippen molar-refractivity contribution in [3.63, 3.8) is 0 Å². The number of ketones is 1. The van der Waals surface area contributed by atoms with Crippen molar-refractivity contribution in [3.8, 4) is 0 Å². The predicted molar refractivity (Wildman–Crippen MR) is 68.5 cm³/mol. The summed E-state index contributed by atoms with van der Waals surface area (Å²) >= 11 is 0. The van der Waals surface area contributed by atoms with Crippen molar-refractivity contribution in [1.82, 2.24) is 0 Å². The molecule has 2 N–H and O–H groups in total. The fourth-order valence-corrected chi connectivity index (χ4v) is 1.77. The third-order valence-corrected chi connectivity index (χ3v) is 2.81. The van der Waals surface area contributed by atoms with E-state index in [1.165, 1.54) is 18.2 Å². The van der Waals surface area contributed by atoms with Crippen LogP contribution in [-0.4, -0.2) is 37.1 Å². The molecule has 1 rings (SSSR count). The lowest BCUT2D eigenvalue weighted by Gasteiger charge is -2.16. The summed E-state index contributed by atoms with van der Waals surface area (Å²) in [7, 11) is 2.08. The summed E-state index contributed by atoms with van der Waals surface area (Å²) in [5.74, 6) is -4.59. The Bertz CT molecular complexity index is 525. The van der Waals surface area contributed by atoms with Crippen molar-refractivity contribution in [1.29, 1.82) is 0 Å². The van der Waals surface area contributed by atoms with E-state index in [0.29, 0.717) is 0 Å². The highest BCUT2D eigenvalue weighted by atomic mass is 16.8. The minimum absolute atomic E-state index is 0.0701. The molecular weight excluding hydrogens is 282 g/mol. The number of hydrogen-bond acceptors (Lipinski definition) is 7. The van der Waals surface area contributed by atoms with Gasteiger partial charge in [0.1, 0.15) is 0 Å². The quantitative estimate of drug-likeness (QED) is 0.399. The molecular formula is C13H15NO7. The zero-order valence-electron chi connectivity index (χ0n) is 11.5. The number of Topliss-reactive ketones (excluding diaryl/α,β-unsaturated/α-hetero) is 1. The summed E-state index contributed by atoms with van der Waals surface area (Å²) in [5, 5.41) is 18.9. The number of quaternary nitrogens is 1. The SMILES string of the molecule is COC(=O)C(C(=O)Cc1ccccc1[NH+]([O-])O)C(=O)OC. The first kappa shape index (κ1) is 16.8. The maximum absolute atomic E-state index is 12.1. The van der Waals surface area contributed by atoms with Crippen LogP contribution in [0.4, 0.5) is 5.69 Å². The molecule has 0 fully saturated rings. The molecule has 1 atom stereocenters. The van der Waals surface area contributed by atoms with Gasteiger partial charge in [-0.15, -0.1) is 0 Å². The standard InChI is InChI=1S/C13H15NO7/c1-20-12(16)11(13(17)21-2)10(15)7-8-5-3-4-6-9(8)14(18)19/h3-6,11,14,18H,7H2,1-2H3. The number of carbonyl (C=O) groups is 3. The van der Waals surface area contributed by atoms with Gasteiger partial charge in [-0.25, -0.2) is 5.21 Å². The minimum atomic E-state index is -1.72. The third-order valence-electron chi connectivity index (χ3n) is 2.81. The molecule has 114 valence electrons. The van der Waals surface area contributed by atoms with Crippen LogP contribution in [-0.2, 0) is 30.3 Å². The van der Waals surface area contributed by atoms with Crippen LogP contribution in [0.3, 0.4) is 0 Å². The van der Waals surface area contributed by atoms with Crippen LogP contribution in [0.25, 0.3) is 0 Å². The van der Waals surface area contributed by atoms with Gasteiger partial charge in [-0.05, 0) is 0 Å². The van der Waals surface area contributed by atoms with E-state index in [2.05, 4.69) is 9.47 Å². The van der Waals surface area contributed by atoms with Crippen LogP contribution < -0.4 is 5.23 Å². The van der Waals surface area contributed by atoms with Gasteiger partial charge in [-0.3, -0.25) is 14.4 Å². The van der Waals surface area contributed by atoms with Crippen molar-refractivity contribution in [3.05, 3.63) is 35.0 Å². The van der Waals surface area contributed by atoms with Crippen molar-refractivity contribution < 1.29 is 34.3 Å². The van der Waals surface area contributed by atoms with Crippen molar-refractivity contribution in [2.45, 2.75) is 6.42 Å². The first-order chi connectivity index (χ1) is 9.92. The number of rotatable bonds is 6. The Labute approximate surface area is 120 Å². The van der Waals surface area contributed by atoms with Crippen LogP contribution in [0.2, 0.25) is 0 Å². The highest BCUT2D eigenvalue weighted by Gasteiger charge is 2.36. The summed E-state index contributed by atoms with van der Waals surface area (Å²) in [5.41, 5.74) is 0.132. The largest absolute Gasteiger partial charge is 0.595 e. The normalized spacial score (nSPS) is 11.9. The first-order valence-corrected chi connectivity index (χ1v) is 5.92. The lowest BCUT2D eigenvalue weighted by molar-refractivity contribution is -0.991. The number of carbonyl (C=O) groups excluding carboxylic acids is 3. The van der Waals surface area contributed by atoms with Crippen molar-refractivity contribution >= 4 is 23.4 Å². The average molecular weight is 297 g/mol. The first-order valence-electron chi connectivity index (χ1n) is 5.92. The van der Waals surface area contributed by atoms with Crippen LogP contribution in [0.5, 0.6) is 0 Å². The van der Waals surface area contributed by atoms with Crippen LogP contribution >= 0.6 is 0 Å². The van der Waals surface area contributed by atoms with E-state index >= 15 is 0 Å². The summed E-state index contributed by atoms with van der Waals surface area (Å²) in [6, 6.07) is 5.83. The number of para-hydroxylation sites is 1. The fraction of sp³-hybridized carbons (Fsp3) is 0.308. The number of nitrogens with one attached hydrogen (secondary N) is 1. The molecule has 0 radical (unpaired) electrons. The lowest BCUT2D eigenvalue weighted by atomic mass is 9.97. The molecule has 0 heterocycles. The lowest BCUT2D eigenvalue weighted by Crippen LogP contribution is -2.99. The second-order valence-electron chi connectivity index (χ2n) is 4.08. The van der Waals surface area contributed by atoms with Gasteiger partial charge in [0, 0.05) is 18.1 Å². The van der Waals surface area contributed by atoms with Gasteiger partial charge in [0.2, 0.25) is 5.92 Å². The zero-order chi connectivity index (χ0) is 16.0. The minimum Gasteiger partial charge on any atom is -0.595 e. The number of ether oxygens (including phenoxy) is 2. The van der Waals surface area contributed by atoms with E-state index in [4.69, 9.17) is 5.21 Å². The van der Waals surface area contributed by atoms with E-state index in [0.717, 1.165) is 14.2 Å².